The molecule has 1 N–H and O–H groups in total. The Morgan fingerprint density at radius 1 is 0.933 bits per heavy atom. The second-order valence-corrected chi connectivity index (χ2v) is 10.6. The molecule has 156 valence electrons. The van der Waals surface area contributed by atoms with Gasteiger partial charge >= 0.3 is 0 Å². The van der Waals surface area contributed by atoms with Crippen LogP contribution in [-0.4, -0.2) is 20.1 Å². The third-order valence-corrected chi connectivity index (χ3v) is 7.58. The Hall–Kier alpha value is -2.44. The molecule has 0 spiro atoms. The van der Waals surface area contributed by atoms with Crippen LogP contribution in [0.5, 0.6) is 0 Å². The molecule has 1 unspecified atom stereocenters. The van der Waals surface area contributed by atoms with E-state index in [0.717, 1.165) is 15.6 Å². The summed E-state index contributed by atoms with van der Waals surface area (Å²) in [5, 5.41) is 2.88. The Bertz CT molecular complexity index is 1160. The van der Waals surface area contributed by atoms with Crippen LogP contribution in [0.1, 0.15) is 23.6 Å². The second-order valence-electron chi connectivity index (χ2n) is 7.73. The summed E-state index contributed by atoms with van der Waals surface area (Å²) >= 11 is 3.37. The number of aryl methyl sites for hydroxylation is 2. The maximum Gasteiger partial charge on any atom is 0.235 e. The number of carbonyl (C=O) groups excluding carboxylic acids is 1. The number of anilines is 1. The summed E-state index contributed by atoms with van der Waals surface area (Å²) in [4.78, 5) is 13.6. The van der Waals surface area contributed by atoms with Crippen LogP contribution in [-0.2, 0) is 20.0 Å². The van der Waals surface area contributed by atoms with Crippen molar-refractivity contribution in [2.75, 3.05) is 11.1 Å². The Morgan fingerprint density at radius 3 is 2.17 bits per heavy atom. The smallest absolute Gasteiger partial charge is 0.235 e. The number of hydrogen-bond donors (Lipinski definition) is 1. The highest BCUT2D eigenvalue weighted by molar-refractivity contribution is 9.10. The van der Waals surface area contributed by atoms with E-state index in [1.807, 2.05) is 56.3 Å². The lowest BCUT2D eigenvalue weighted by Crippen LogP contribution is -2.43. The maximum absolute atomic E-state index is 13.4. The Balaban J connectivity index is 2.02. The molecule has 0 saturated carbocycles. The molecule has 3 aromatic carbocycles. The number of nitrogens with one attached hydrogen (secondary N) is 1. The van der Waals surface area contributed by atoms with Crippen molar-refractivity contribution < 1.29 is 13.2 Å². The predicted octanol–water partition coefficient (Wildman–Crippen LogP) is 5.44. The van der Waals surface area contributed by atoms with Crippen LogP contribution in [0.15, 0.2) is 82.2 Å². The molecule has 0 radical (unpaired) electrons. The van der Waals surface area contributed by atoms with Gasteiger partial charge in [-0.3, -0.25) is 4.79 Å². The van der Waals surface area contributed by atoms with Crippen LogP contribution in [0.3, 0.4) is 0 Å². The Labute approximate surface area is 186 Å². The van der Waals surface area contributed by atoms with Crippen molar-refractivity contribution in [1.29, 1.82) is 0 Å². The molecular weight excluding hydrogens is 462 g/mol. The van der Waals surface area contributed by atoms with Gasteiger partial charge in [0, 0.05) is 10.2 Å². The molecule has 30 heavy (non-hydrogen) atoms. The summed E-state index contributed by atoms with van der Waals surface area (Å²) in [5.41, 5.74) is 1.88. The van der Waals surface area contributed by atoms with E-state index in [2.05, 4.69) is 21.2 Å². The van der Waals surface area contributed by atoms with Gasteiger partial charge < -0.3 is 5.32 Å². The quantitative estimate of drug-likeness (QED) is 0.505. The zero-order chi connectivity index (χ0) is 21.9. The first-order valence-electron chi connectivity index (χ1n) is 9.54. The third kappa shape index (κ3) is 4.99. The number of amides is 1. The monoisotopic (exact) mass is 485 g/mol. The number of sulfone groups is 1. The highest BCUT2D eigenvalue weighted by Crippen LogP contribution is 2.31. The van der Waals surface area contributed by atoms with Crippen molar-refractivity contribution >= 4 is 37.4 Å². The minimum atomic E-state index is -3.71. The normalized spacial score (nSPS) is 13.5. The molecule has 0 aliphatic rings. The predicted molar refractivity (Wildman–Crippen MR) is 125 cm³/mol. The van der Waals surface area contributed by atoms with Gasteiger partial charge in [0.25, 0.3) is 0 Å². The molecule has 0 aliphatic heterocycles. The molecule has 3 aromatic rings. The van der Waals surface area contributed by atoms with E-state index >= 15 is 0 Å². The fraction of sp³-hybridized carbons (Fsp3) is 0.208. The van der Waals surface area contributed by atoms with Crippen molar-refractivity contribution in [3.8, 4) is 0 Å². The van der Waals surface area contributed by atoms with Gasteiger partial charge in [0.05, 0.1) is 16.1 Å². The summed E-state index contributed by atoms with van der Waals surface area (Å²) in [6.45, 7) is 5.48. The second kappa shape index (κ2) is 8.74. The van der Waals surface area contributed by atoms with Crippen LogP contribution >= 0.6 is 15.9 Å². The van der Waals surface area contributed by atoms with Crippen LogP contribution in [0.4, 0.5) is 5.69 Å². The van der Waals surface area contributed by atoms with Crippen LogP contribution in [0, 0.1) is 13.8 Å². The standard InChI is InChI=1S/C24H24BrNO3S/c1-17-7-9-19(10-8-17)24(3,23(27)26-21-13-11-20(25)12-14-21)16-30(28,29)22-6-4-5-18(2)15-22/h4-15H,16H2,1-3H3,(H,26,27). The number of benzene rings is 3. The number of carbonyl (C=O) groups is 1. The topological polar surface area (TPSA) is 63.2 Å². The van der Waals surface area contributed by atoms with E-state index in [4.69, 9.17) is 0 Å². The lowest BCUT2D eigenvalue weighted by molar-refractivity contribution is -0.120. The van der Waals surface area contributed by atoms with Gasteiger partial charge in [0.15, 0.2) is 9.84 Å². The molecule has 0 saturated heterocycles. The Morgan fingerprint density at radius 2 is 1.57 bits per heavy atom. The molecular formula is C24H24BrNO3S. The first kappa shape index (κ1) is 22.2. The summed E-state index contributed by atoms with van der Waals surface area (Å²) in [7, 11) is -3.71. The van der Waals surface area contributed by atoms with E-state index in [9.17, 15) is 13.2 Å². The van der Waals surface area contributed by atoms with Gasteiger partial charge in [-0.2, -0.15) is 0 Å². The van der Waals surface area contributed by atoms with Gasteiger partial charge in [0.1, 0.15) is 0 Å². The van der Waals surface area contributed by atoms with Crippen molar-refractivity contribution in [3.05, 3.63) is 94.0 Å². The van der Waals surface area contributed by atoms with Gasteiger partial charge in [-0.25, -0.2) is 8.42 Å². The molecule has 0 heterocycles. The number of halogens is 1. The van der Waals surface area contributed by atoms with E-state index in [0.29, 0.717) is 11.3 Å². The zero-order valence-electron chi connectivity index (χ0n) is 17.1. The molecule has 1 amide bonds. The minimum absolute atomic E-state index is 0.220. The molecule has 0 aromatic heterocycles. The molecule has 0 aliphatic carbocycles. The highest BCUT2D eigenvalue weighted by atomic mass is 79.9. The average molecular weight is 486 g/mol. The van der Waals surface area contributed by atoms with E-state index in [1.54, 1.807) is 37.3 Å². The summed E-state index contributed by atoms with van der Waals surface area (Å²) in [5.74, 6) is -0.709. The van der Waals surface area contributed by atoms with E-state index in [-0.39, 0.29) is 16.6 Å². The van der Waals surface area contributed by atoms with Crippen LogP contribution < -0.4 is 5.32 Å². The summed E-state index contributed by atoms with van der Waals surface area (Å²) in [6, 6.07) is 21.4. The van der Waals surface area contributed by atoms with Crippen LogP contribution in [0.25, 0.3) is 0 Å². The van der Waals surface area contributed by atoms with E-state index in [1.165, 1.54) is 0 Å². The molecule has 6 heteroatoms. The van der Waals surface area contributed by atoms with Crippen LogP contribution in [0.2, 0.25) is 0 Å². The fourth-order valence-electron chi connectivity index (χ4n) is 3.28. The van der Waals surface area contributed by atoms with Crippen molar-refractivity contribution in [2.45, 2.75) is 31.1 Å². The van der Waals surface area contributed by atoms with Gasteiger partial charge in [0.2, 0.25) is 5.91 Å². The first-order valence-corrected chi connectivity index (χ1v) is 12.0. The van der Waals surface area contributed by atoms with Gasteiger partial charge in [-0.15, -0.1) is 0 Å². The molecule has 0 fully saturated rings. The molecule has 1 atom stereocenters. The largest absolute Gasteiger partial charge is 0.325 e. The van der Waals surface area contributed by atoms with Crippen molar-refractivity contribution in [1.82, 2.24) is 0 Å². The SMILES string of the molecule is Cc1ccc(C(C)(CS(=O)(=O)c2cccc(C)c2)C(=O)Nc2ccc(Br)cc2)cc1. The summed E-state index contributed by atoms with van der Waals surface area (Å²) in [6.07, 6.45) is 0. The molecule has 0 bridgehead atoms. The first-order chi connectivity index (χ1) is 14.1. The van der Waals surface area contributed by atoms with Crippen molar-refractivity contribution in [2.24, 2.45) is 0 Å². The minimum Gasteiger partial charge on any atom is -0.325 e. The average Bonchev–Trinajstić information content (AvgIpc) is 2.69. The molecule has 4 nitrogen and oxygen atoms in total. The number of hydrogen-bond acceptors (Lipinski definition) is 3. The number of rotatable bonds is 6. The lowest BCUT2D eigenvalue weighted by atomic mass is 9.83. The van der Waals surface area contributed by atoms with Gasteiger partial charge in [-0.05, 0) is 68.3 Å². The van der Waals surface area contributed by atoms with Crippen molar-refractivity contribution in [3.63, 3.8) is 0 Å². The third-order valence-electron chi connectivity index (χ3n) is 5.12. The maximum atomic E-state index is 13.4. The zero-order valence-corrected chi connectivity index (χ0v) is 19.5. The Kier molecular flexibility index (Phi) is 6.48. The lowest BCUT2D eigenvalue weighted by Gasteiger charge is -2.29. The highest BCUT2D eigenvalue weighted by Gasteiger charge is 2.40. The summed E-state index contributed by atoms with van der Waals surface area (Å²) < 4.78 is 27.4. The van der Waals surface area contributed by atoms with Gasteiger partial charge in [-0.1, -0.05) is 57.9 Å². The fourth-order valence-corrected chi connectivity index (χ4v) is 5.42. The molecule has 3 rings (SSSR count). The van der Waals surface area contributed by atoms with E-state index < -0.39 is 15.3 Å².